The minimum absolute atomic E-state index is 0.0559. The largest absolute Gasteiger partial charge is 0.383 e. The van der Waals surface area contributed by atoms with Crippen molar-refractivity contribution < 1.29 is 27.1 Å². The summed E-state index contributed by atoms with van der Waals surface area (Å²) < 4.78 is 54.2. The Hall–Kier alpha value is -0.850. The lowest BCUT2D eigenvalue weighted by Gasteiger charge is -2.19. The van der Waals surface area contributed by atoms with Crippen LogP contribution in [0.5, 0.6) is 0 Å². The molecule has 1 N–H and O–H groups in total. The number of alkyl halides is 4. The molecule has 1 heterocycles. The van der Waals surface area contributed by atoms with Gasteiger partial charge in [0.05, 0.1) is 6.10 Å². The van der Waals surface area contributed by atoms with Crippen LogP contribution < -0.4 is 5.32 Å². The zero-order valence-electron chi connectivity index (χ0n) is 9.39. The Morgan fingerprint density at radius 3 is 2.71 bits per heavy atom. The van der Waals surface area contributed by atoms with Gasteiger partial charge in [0.15, 0.2) is 0 Å². The van der Waals surface area contributed by atoms with E-state index in [9.17, 15) is 22.4 Å². The third-order valence-corrected chi connectivity index (χ3v) is 2.85. The summed E-state index contributed by atoms with van der Waals surface area (Å²) in [5.74, 6) is -6.63. The van der Waals surface area contributed by atoms with Crippen molar-refractivity contribution in [1.82, 2.24) is 5.32 Å². The average molecular weight is 257 g/mol. The average Bonchev–Trinajstić information content (AvgIpc) is 2.72. The van der Waals surface area contributed by atoms with Crippen molar-refractivity contribution in [1.29, 1.82) is 0 Å². The number of ether oxygens (including phenoxy) is 1. The smallest absolute Gasteiger partial charge is 0.378 e. The monoisotopic (exact) mass is 257 g/mol. The molecule has 1 amide bonds. The second-order valence-corrected chi connectivity index (χ2v) is 4.00. The maximum absolute atomic E-state index is 12.6. The van der Waals surface area contributed by atoms with Gasteiger partial charge in [-0.3, -0.25) is 4.79 Å². The minimum Gasteiger partial charge on any atom is -0.378 e. The van der Waals surface area contributed by atoms with Gasteiger partial charge in [0.25, 0.3) is 5.91 Å². The molecule has 1 fully saturated rings. The van der Waals surface area contributed by atoms with E-state index in [4.69, 9.17) is 4.74 Å². The van der Waals surface area contributed by atoms with Crippen LogP contribution in [0.3, 0.4) is 0 Å². The third-order valence-electron chi connectivity index (χ3n) is 2.85. The number of amides is 1. The van der Waals surface area contributed by atoms with Crippen LogP contribution in [0.1, 0.15) is 19.8 Å². The molecular weight excluding hydrogens is 242 g/mol. The minimum atomic E-state index is -4.62. The highest BCUT2D eigenvalue weighted by Crippen LogP contribution is 2.25. The fourth-order valence-electron chi connectivity index (χ4n) is 1.82. The molecule has 0 aromatic carbocycles. The second kappa shape index (κ2) is 5.66. The van der Waals surface area contributed by atoms with Gasteiger partial charge in [0, 0.05) is 19.1 Å². The van der Waals surface area contributed by atoms with Gasteiger partial charge in [-0.15, -0.1) is 0 Å². The summed E-state index contributed by atoms with van der Waals surface area (Å²) in [6.07, 6.45) is -2.75. The number of carbonyl (C=O) groups is 1. The highest BCUT2D eigenvalue weighted by atomic mass is 19.3. The van der Waals surface area contributed by atoms with Gasteiger partial charge < -0.3 is 10.1 Å². The summed E-state index contributed by atoms with van der Waals surface area (Å²) in [5, 5.41) is 1.86. The van der Waals surface area contributed by atoms with Gasteiger partial charge in [0.2, 0.25) is 0 Å². The first-order valence-corrected chi connectivity index (χ1v) is 5.45. The fourth-order valence-corrected chi connectivity index (χ4v) is 1.82. The van der Waals surface area contributed by atoms with Gasteiger partial charge in [-0.1, -0.05) is 6.92 Å². The maximum atomic E-state index is 12.6. The number of hydrogen-bond donors (Lipinski definition) is 1. The molecule has 17 heavy (non-hydrogen) atoms. The first kappa shape index (κ1) is 14.2. The fraction of sp³-hybridized carbons (Fsp3) is 0.900. The van der Waals surface area contributed by atoms with Crippen LogP contribution in [0.4, 0.5) is 17.6 Å². The van der Waals surface area contributed by atoms with Crippen molar-refractivity contribution in [2.45, 2.75) is 38.2 Å². The molecule has 100 valence electrons. The topological polar surface area (TPSA) is 38.3 Å². The van der Waals surface area contributed by atoms with Crippen molar-refractivity contribution in [3.63, 3.8) is 0 Å². The quantitative estimate of drug-likeness (QED) is 0.763. The van der Waals surface area contributed by atoms with E-state index in [1.165, 1.54) is 0 Å². The molecule has 0 saturated carbocycles. The molecule has 0 aliphatic carbocycles. The van der Waals surface area contributed by atoms with E-state index in [0.29, 0.717) is 19.4 Å². The van der Waals surface area contributed by atoms with E-state index < -0.39 is 18.3 Å². The summed E-state index contributed by atoms with van der Waals surface area (Å²) in [7, 11) is 0. The van der Waals surface area contributed by atoms with Crippen LogP contribution in [-0.2, 0) is 9.53 Å². The zero-order chi connectivity index (χ0) is 13.1. The van der Waals surface area contributed by atoms with Gasteiger partial charge in [-0.05, 0) is 12.8 Å². The lowest BCUT2D eigenvalue weighted by atomic mass is 9.99. The Balaban J connectivity index is 2.43. The molecule has 0 aromatic heterocycles. The zero-order valence-corrected chi connectivity index (χ0v) is 9.39. The van der Waals surface area contributed by atoms with Crippen molar-refractivity contribution in [3.8, 4) is 0 Å². The molecule has 0 radical (unpaired) electrons. The van der Waals surface area contributed by atoms with Gasteiger partial charge in [-0.25, -0.2) is 8.78 Å². The molecule has 2 unspecified atom stereocenters. The maximum Gasteiger partial charge on any atom is 0.383 e. The van der Waals surface area contributed by atoms with Gasteiger partial charge in [0.1, 0.15) is 0 Å². The first-order valence-electron chi connectivity index (χ1n) is 5.45. The lowest BCUT2D eigenvalue weighted by molar-refractivity contribution is -0.169. The molecule has 1 rings (SSSR count). The summed E-state index contributed by atoms with van der Waals surface area (Å²) >= 11 is 0. The van der Waals surface area contributed by atoms with Crippen molar-refractivity contribution in [2.75, 3.05) is 13.2 Å². The van der Waals surface area contributed by atoms with Crippen LogP contribution in [-0.4, -0.2) is 37.5 Å². The molecular formula is C10H15F4NO2. The molecule has 1 aliphatic heterocycles. The Morgan fingerprint density at radius 1 is 1.53 bits per heavy atom. The Labute approximate surface area is 96.5 Å². The highest BCUT2D eigenvalue weighted by Gasteiger charge is 2.49. The van der Waals surface area contributed by atoms with Gasteiger partial charge in [-0.2, -0.15) is 8.78 Å². The number of halogens is 4. The standard InChI is InChI=1S/C10H15F4NO2/c1-2-7-6(3-4-17-7)5-15-9(16)10(13,14)8(11)12/h6-8H,2-5H2,1H3,(H,15,16). The van der Waals surface area contributed by atoms with E-state index >= 15 is 0 Å². The summed E-state index contributed by atoms with van der Waals surface area (Å²) in [6.45, 7) is 2.32. The van der Waals surface area contributed by atoms with Crippen molar-refractivity contribution >= 4 is 5.91 Å². The van der Waals surface area contributed by atoms with Crippen LogP contribution in [0.15, 0.2) is 0 Å². The molecule has 1 aliphatic rings. The molecule has 1 saturated heterocycles. The highest BCUT2D eigenvalue weighted by molar-refractivity contribution is 5.83. The number of hydrogen-bond acceptors (Lipinski definition) is 2. The summed E-state index contributed by atoms with van der Waals surface area (Å²) in [5.41, 5.74) is 0. The van der Waals surface area contributed by atoms with Crippen molar-refractivity contribution in [2.24, 2.45) is 5.92 Å². The van der Waals surface area contributed by atoms with Crippen LogP contribution in [0.25, 0.3) is 0 Å². The van der Waals surface area contributed by atoms with Crippen LogP contribution >= 0.6 is 0 Å². The van der Waals surface area contributed by atoms with Gasteiger partial charge >= 0.3 is 12.3 Å². The number of rotatable bonds is 5. The Morgan fingerprint density at radius 2 is 2.18 bits per heavy atom. The van der Waals surface area contributed by atoms with Crippen LogP contribution in [0, 0.1) is 5.92 Å². The third kappa shape index (κ3) is 3.31. The SMILES string of the molecule is CCC1OCCC1CNC(=O)C(F)(F)C(F)F. The predicted molar refractivity (Wildman–Crippen MR) is 52.1 cm³/mol. The van der Waals surface area contributed by atoms with E-state index in [1.54, 1.807) is 0 Å². The normalized spacial score (nSPS) is 25.3. The van der Waals surface area contributed by atoms with Crippen LogP contribution in [0.2, 0.25) is 0 Å². The predicted octanol–water partition coefficient (Wildman–Crippen LogP) is 1.82. The summed E-state index contributed by atoms with van der Waals surface area (Å²) in [4.78, 5) is 10.9. The summed E-state index contributed by atoms with van der Waals surface area (Å²) in [6, 6.07) is 0. The molecule has 0 spiro atoms. The molecule has 0 aromatic rings. The molecule has 2 atom stereocenters. The molecule has 7 heteroatoms. The van der Waals surface area contributed by atoms with E-state index in [1.807, 2.05) is 12.2 Å². The second-order valence-electron chi connectivity index (χ2n) is 4.00. The number of carbonyl (C=O) groups excluding carboxylic acids is 1. The Bertz CT molecular complexity index is 273. The molecule has 0 bridgehead atoms. The van der Waals surface area contributed by atoms with E-state index in [2.05, 4.69) is 0 Å². The first-order chi connectivity index (χ1) is 7.89. The van der Waals surface area contributed by atoms with E-state index in [0.717, 1.165) is 0 Å². The van der Waals surface area contributed by atoms with E-state index in [-0.39, 0.29) is 18.6 Å². The number of nitrogens with one attached hydrogen (secondary N) is 1. The van der Waals surface area contributed by atoms with Crippen molar-refractivity contribution in [3.05, 3.63) is 0 Å². The Kier molecular flexibility index (Phi) is 4.73. The molecule has 3 nitrogen and oxygen atoms in total. The lowest BCUT2D eigenvalue weighted by Crippen LogP contribution is -2.47.